The molecule has 0 saturated carbocycles. The first-order valence-corrected chi connectivity index (χ1v) is 11.7. The maximum Gasteiger partial charge on any atom is 0.247 e. The number of carbonyl (C=O) groups is 2. The normalized spacial score (nSPS) is 11.6. The van der Waals surface area contributed by atoms with Crippen molar-refractivity contribution in [2.24, 2.45) is 0 Å². The van der Waals surface area contributed by atoms with Gasteiger partial charge in [0, 0.05) is 24.1 Å². The van der Waals surface area contributed by atoms with Gasteiger partial charge in [-0.05, 0) is 30.2 Å². The monoisotopic (exact) mass is 478 g/mol. The third-order valence-corrected chi connectivity index (χ3v) is 5.50. The molecular formula is C27H31ClN4O2. The van der Waals surface area contributed by atoms with Gasteiger partial charge in [0.05, 0.1) is 16.4 Å². The molecule has 0 fully saturated rings. The number of halogens is 1. The zero-order valence-corrected chi connectivity index (χ0v) is 20.8. The zero-order chi connectivity index (χ0) is 24.7. The van der Waals surface area contributed by atoms with E-state index in [1.165, 1.54) is 11.0 Å². The minimum Gasteiger partial charge on any atom is -0.330 e. The first kappa shape index (κ1) is 25.2. The lowest BCUT2D eigenvalue weighted by Gasteiger charge is -2.20. The number of hydrogen-bond acceptors (Lipinski definition) is 3. The zero-order valence-electron chi connectivity index (χ0n) is 20.1. The minimum absolute atomic E-state index is 0.0651. The molecule has 0 aliphatic carbocycles. The fourth-order valence-corrected chi connectivity index (χ4v) is 3.59. The van der Waals surface area contributed by atoms with E-state index in [1.54, 1.807) is 16.8 Å². The molecular weight excluding hydrogens is 448 g/mol. The van der Waals surface area contributed by atoms with Crippen molar-refractivity contribution in [3.8, 4) is 5.69 Å². The molecule has 0 radical (unpaired) electrons. The molecule has 3 rings (SSSR count). The summed E-state index contributed by atoms with van der Waals surface area (Å²) in [6.07, 6.45) is 4.00. The first-order chi connectivity index (χ1) is 16.2. The molecule has 0 saturated heterocycles. The fourth-order valence-electron chi connectivity index (χ4n) is 3.37. The Balaban J connectivity index is 1.80. The summed E-state index contributed by atoms with van der Waals surface area (Å²) >= 11 is 6.41. The van der Waals surface area contributed by atoms with E-state index in [9.17, 15) is 9.59 Å². The number of rotatable bonds is 8. The van der Waals surface area contributed by atoms with E-state index in [4.69, 9.17) is 16.7 Å². The predicted molar refractivity (Wildman–Crippen MR) is 138 cm³/mol. The Morgan fingerprint density at radius 1 is 1.09 bits per heavy atom. The summed E-state index contributed by atoms with van der Waals surface area (Å²) in [5, 5.41) is 8.16. The molecule has 1 heterocycles. The van der Waals surface area contributed by atoms with Crippen LogP contribution in [0.5, 0.6) is 0 Å². The predicted octanol–water partition coefficient (Wildman–Crippen LogP) is 5.71. The molecule has 1 N–H and O–H groups in total. The Labute approximate surface area is 206 Å². The van der Waals surface area contributed by atoms with Gasteiger partial charge in [-0.2, -0.15) is 5.10 Å². The molecule has 0 bridgehead atoms. The molecule has 34 heavy (non-hydrogen) atoms. The average molecular weight is 479 g/mol. The summed E-state index contributed by atoms with van der Waals surface area (Å²) in [5.41, 5.74) is 2.19. The van der Waals surface area contributed by atoms with Crippen molar-refractivity contribution in [1.29, 1.82) is 0 Å². The third kappa shape index (κ3) is 6.58. The van der Waals surface area contributed by atoms with Crippen LogP contribution in [-0.4, -0.2) is 39.6 Å². The van der Waals surface area contributed by atoms with Gasteiger partial charge in [0.15, 0.2) is 0 Å². The second kappa shape index (κ2) is 11.2. The SMILES string of the molecule is CCCN(CC(=O)Nc1cc(C(C)(C)C)nn1-c1ccccc1Cl)C(=O)/C=C/c1ccccc1. The smallest absolute Gasteiger partial charge is 0.247 e. The van der Waals surface area contributed by atoms with Gasteiger partial charge in [0.25, 0.3) is 0 Å². The molecule has 0 aliphatic heterocycles. The maximum absolute atomic E-state index is 13.0. The fraction of sp³-hybridized carbons (Fsp3) is 0.296. The first-order valence-electron chi connectivity index (χ1n) is 11.4. The van der Waals surface area contributed by atoms with Crippen LogP contribution in [0.15, 0.2) is 66.7 Å². The molecule has 6 nitrogen and oxygen atoms in total. The van der Waals surface area contributed by atoms with Crippen molar-refractivity contribution in [3.05, 3.63) is 83.0 Å². The van der Waals surface area contributed by atoms with Crippen molar-refractivity contribution in [2.75, 3.05) is 18.4 Å². The van der Waals surface area contributed by atoms with Crippen molar-refractivity contribution < 1.29 is 9.59 Å². The lowest BCUT2D eigenvalue weighted by molar-refractivity contribution is -0.130. The van der Waals surface area contributed by atoms with Crippen molar-refractivity contribution in [1.82, 2.24) is 14.7 Å². The van der Waals surface area contributed by atoms with Crippen LogP contribution in [0.25, 0.3) is 11.8 Å². The van der Waals surface area contributed by atoms with Crippen LogP contribution >= 0.6 is 11.6 Å². The van der Waals surface area contributed by atoms with E-state index < -0.39 is 0 Å². The Hall–Kier alpha value is -3.38. The Kier molecular flexibility index (Phi) is 8.29. The molecule has 0 spiro atoms. The number of anilines is 1. The van der Waals surface area contributed by atoms with Crippen LogP contribution in [0.2, 0.25) is 5.02 Å². The molecule has 2 aromatic carbocycles. The molecule has 0 aliphatic rings. The lowest BCUT2D eigenvalue weighted by Crippen LogP contribution is -2.37. The van der Waals surface area contributed by atoms with E-state index in [0.717, 1.165) is 17.7 Å². The second-order valence-corrected chi connectivity index (χ2v) is 9.49. The molecule has 0 atom stereocenters. The van der Waals surface area contributed by atoms with E-state index in [-0.39, 0.29) is 23.8 Å². The van der Waals surface area contributed by atoms with E-state index in [0.29, 0.717) is 23.1 Å². The molecule has 3 aromatic rings. The highest BCUT2D eigenvalue weighted by molar-refractivity contribution is 6.32. The van der Waals surface area contributed by atoms with Crippen LogP contribution in [-0.2, 0) is 15.0 Å². The summed E-state index contributed by atoms with van der Waals surface area (Å²) < 4.78 is 1.64. The average Bonchev–Trinajstić information content (AvgIpc) is 3.22. The minimum atomic E-state index is -0.302. The van der Waals surface area contributed by atoms with Gasteiger partial charge < -0.3 is 10.2 Å². The quantitative estimate of drug-likeness (QED) is 0.421. The molecule has 7 heteroatoms. The van der Waals surface area contributed by atoms with Crippen LogP contribution in [0.1, 0.15) is 45.4 Å². The number of hydrogen-bond donors (Lipinski definition) is 1. The van der Waals surface area contributed by atoms with Crippen LogP contribution in [0.4, 0.5) is 5.82 Å². The van der Waals surface area contributed by atoms with Gasteiger partial charge in [0.2, 0.25) is 11.8 Å². The van der Waals surface area contributed by atoms with Gasteiger partial charge in [-0.3, -0.25) is 9.59 Å². The molecule has 178 valence electrons. The second-order valence-electron chi connectivity index (χ2n) is 9.08. The van der Waals surface area contributed by atoms with Crippen LogP contribution < -0.4 is 5.32 Å². The van der Waals surface area contributed by atoms with Gasteiger partial charge in [-0.25, -0.2) is 4.68 Å². The Bertz CT molecular complexity index is 1160. The van der Waals surface area contributed by atoms with Crippen molar-refractivity contribution in [3.63, 3.8) is 0 Å². The van der Waals surface area contributed by atoms with E-state index in [1.807, 2.05) is 61.5 Å². The number of aromatic nitrogens is 2. The summed E-state index contributed by atoms with van der Waals surface area (Å²) in [6.45, 7) is 8.55. The largest absolute Gasteiger partial charge is 0.330 e. The van der Waals surface area contributed by atoms with Gasteiger partial charge >= 0.3 is 0 Å². The summed E-state index contributed by atoms with van der Waals surface area (Å²) in [7, 11) is 0. The Morgan fingerprint density at radius 3 is 2.41 bits per heavy atom. The van der Waals surface area contributed by atoms with Crippen molar-refractivity contribution in [2.45, 2.75) is 39.5 Å². The highest BCUT2D eigenvalue weighted by Gasteiger charge is 2.23. The topological polar surface area (TPSA) is 67.2 Å². The number of carbonyl (C=O) groups excluding carboxylic acids is 2. The van der Waals surface area contributed by atoms with Crippen LogP contribution in [0.3, 0.4) is 0 Å². The highest BCUT2D eigenvalue weighted by atomic mass is 35.5. The number of amides is 2. The number of nitrogens with zero attached hydrogens (tertiary/aromatic N) is 3. The summed E-state index contributed by atoms with van der Waals surface area (Å²) in [5.74, 6) is -0.00818. The summed E-state index contributed by atoms with van der Waals surface area (Å²) in [6, 6.07) is 18.8. The van der Waals surface area contributed by atoms with E-state index in [2.05, 4.69) is 26.1 Å². The number of nitrogens with one attached hydrogen (secondary N) is 1. The van der Waals surface area contributed by atoms with Gasteiger partial charge in [0.1, 0.15) is 12.4 Å². The number of para-hydroxylation sites is 1. The standard InChI is InChI=1S/C27H31ClN4O2/c1-5-17-31(26(34)16-15-20-11-7-6-8-12-20)19-25(33)29-24-18-23(27(2,3)4)30-32(24)22-14-10-9-13-21(22)28/h6-16,18H,5,17,19H2,1-4H3,(H,29,33)/b16-15+. The third-order valence-electron chi connectivity index (χ3n) is 5.18. The van der Waals surface area contributed by atoms with Gasteiger partial charge in [-0.15, -0.1) is 0 Å². The van der Waals surface area contributed by atoms with Crippen molar-refractivity contribution >= 4 is 35.3 Å². The summed E-state index contributed by atoms with van der Waals surface area (Å²) in [4.78, 5) is 27.3. The molecule has 1 aromatic heterocycles. The van der Waals surface area contributed by atoms with E-state index >= 15 is 0 Å². The Morgan fingerprint density at radius 2 is 1.76 bits per heavy atom. The lowest BCUT2D eigenvalue weighted by atomic mass is 9.92. The maximum atomic E-state index is 13.0. The highest BCUT2D eigenvalue weighted by Crippen LogP contribution is 2.29. The molecule has 0 unspecified atom stereocenters. The van der Waals surface area contributed by atoms with Gasteiger partial charge in [-0.1, -0.05) is 81.8 Å². The van der Waals surface area contributed by atoms with Crippen LogP contribution in [0, 0.1) is 0 Å². The number of benzene rings is 2. The molecule has 2 amide bonds.